The van der Waals surface area contributed by atoms with E-state index in [0.717, 1.165) is 60.9 Å². The summed E-state index contributed by atoms with van der Waals surface area (Å²) in [6.45, 7) is 9.15. The van der Waals surface area contributed by atoms with Crippen molar-refractivity contribution in [3.05, 3.63) is 64.2 Å². The van der Waals surface area contributed by atoms with Crippen LogP contribution in [-0.2, 0) is 22.3 Å². The van der Waals surface area contributed by atoms with E-state index in [1.165, 1.54) is 6.07 Å². The first-order chi connectivity index (χ1) is 20.0. The standard InChI is InChI=1S/C32H44F3N5O3/c1-20-11-12-22(21(2)15-20)17-37-19-31(29(36)43,30(3,4)5)40-27(41)18-38-28(42)25-16-23(32(33,34)35)13-14-26(25)39-24-9-7-6-8-10-24/h11-16,24,37,39H,6-10,17-19H2,1-5H3,(H2,36,43)(H,38,42)(H,40,41). The number of aryl methyl sites for hydroxylation is 2. The largest absolute Gasteiger partial charge is 0.416 e. The summed E-state index contributed by atoms with van der Waals surface area (Å²) < 4.78 is 40.5. The number of amides is 3. The Labute approximate surface area is 251 Å². The van der Waals surface area contributed by atoms with Gasteiger partial charge in [0, 0.05) is 24.8 Å². The number of nitrogens with two attached hydrogens (primary N) is 1. The number of anilines is 1. The Balaban J connectivity index is 1.75. The third-order valence-corrected chi connectivity index (χ3v) is 8.22. The average molecular weight is 604 g/mol. The molecule has 1 fully saturated rings. The van der Waals surface area contributed by atoms with Crippen LogP contribution in [0, 0.1) is 19.3 Å². The van der Waals surface area contributed by atoms with Crippen LogP contribution < -0.4 is 27.0 Å². The SMILES string of the molecule is Cc1ccc(CNCC(NC(=O)CNC(=O)c2cc(C(F)(F)F)ccc2NC2CCCCC2)(C(N)=O)C(C)(C)C)c(C)c1. The number of hydrogen-bond acceptors (Lipinski definition) is 5. The van der Waals surface area contributed by atoms with E-state index in [-0.39, 0.29) is 23.8 Å². The molecule has 0 aliphatic heterocycles. The molecular formula is C32H44F3N5O3. The molecule has 3 rings (SSSR count). The fourth-order valence-electron chi connectivity index (χ4n) is 5.48. The van der Waals surface area contributed by atoms with Crippen LogP contribution in [0.2, 0.25) is 0 Å². The summed E-state index contributed by atoms with van der Waals surface area (Å²) >= 11 is 0. The molecule has 1 saturated carbocycles. The topological polar surface area (TPSA) is 125 Å². The molecule has 8 nitrogen and oxygen atoms in total. The van der Waals surface area contributed by atoms with Crippen molar-refractivity contribution in [3.8, 4) is 0 Å². The van der Waals surface area contributed by atoms with Gasteiger partial charge in [-0.1, -0.05) is 63.8 Å². The van der Waals surface area contributed by atoms with Crippen LogP contribution in [-0.4, -0.2) is 42.4 Å². The molecule has 0 saturated heterocycles. The first-order valence-electron chi connectivity index (χ1n) is 14.7. The summed E-state index contributed by atoms with van der Waals surface area (Å²) in [6.07, 6.45) is 0.140. The Morgan fingerprint density at radius 2 is 1.63 bits per heavy atom. The van der Waals surface area contributed by atoms with Crippen molar-refractivity contribution in [2.24, 2.45) is 11.1 Å². The van der Waals surface area contributed by atoms with Crippen molar-refractivity contribution in [2.45, 2.75) is 91.0 Å². The molecule has 43 heavy (non-hydrogen) atoms. The molecule has 2 aromatic rings. The van der Waals surface area contributed by atoms with Gasteiger partial charge in [0.05, 0.1) is 17.7 Å². The Morgan fingerprint density at radius 3 is 2.21 bits per heavy atom. The van der Waals surface area contributed by atoms with Gasteiger partial charge in [-0.2, -0.15) is 13.2 Å². The Hall–Kier alpha value is -3.60. The molecule has 1 unspecified atom stereocenters. The lowest BCUT2D eigenvalue weighted by atomic mass is 9.72. The van der Waals surface area contributed by atoms with E-state index in [0.29, 0.717) is 6.54 Å². The van der Waals surface area contributed by atoms with Crippen LogP contribution in [0.25, 0.3) is 0 Å². The van der Waals surface area contributed by atoms with E-state index in [1.54, 1.807) is 20.8 Å². The first-order valence-corrected chi connectivity index (χ1v) is 14.7. The predicted octanol–water partition coefficient (Wildman–Crippen LogP) is 4.97. The van der Waals surface area contributed by atoms with Gasteiger partial charge >= 0.3 is 6.18 Å². The van der Waals surface area contributed by atoms with Crippen LogP contribution in [0.1, 0.15) is 85.5 Å². The van der Waals surface area contributed by atoms with Crippen molar-refractivity contribution < 1.29 is 27.6 Å². The van der Waals surface area contributed by atoms with Gasteiger partial charge in [0.15, 0.2) is 0 Å². The van der Waals surface area contributed by atoms with Crippen LogP contribution in [0.3, 0.4) is 0 Å². The lowest BCUT2D eigenvalue weighted by Crippen LogP contribution is -2.69. The highest BCUT2D eigenvalue weighted by atomic mass is 19.4. The number of hydrogen-bond donors (Lipinski definition) is 5. The minimum Gasteiger partial charge on any atom is -0.382 e. The van der Waals surface area contributed by atoms with E-state index in [1.807, 2.05) is 32.0 Å². The minimum absolute atomic E-state index is 0.0158. The molecule has 1 aliphatic rings. The van der Waals surface area contributed by atoms with Gasteiger partial charge in [0.25, 0.3) is 5.91 Å². The summed E-state index contributed by atoms with van der Waals surface area (Å²) in [4.78, 5) is 39.2. The summed E-state index contributed by atoms with van der Waals surface area (Å²) in [5.74, 6) is -2.30. The Morgan fingerprint density at radius 1 is 0.953 bits per heavy atom. The van der Waals surface area contributed by atoms with Gasteiger partial charge < -0.3 is 27.0 Å². The summed E-state index contributed by atoms with van der Waals surface area (Å²) in [7, 11) is 0. The zero-order valence-electron chi connectivity index (χ0n) is 25.6. The smallest absolute Gasteiger partial charge is 0.382 e. The molecule has 3 amide bonds. The molecule has 0 aromatic heterocycles. The van der Waals surface area contributed by atoms with Crippen LogP contribution in [0.15, 0.2) is 36.4 Å². The molecule has 11 heteroatoms. The summed E-state index contributed by atoms with van der Waals surface area (Å²) in [6, 6.07) is 9.04. The number of carbonyl (C=O) groups excluding carboxylic acids is 3. The number of nitrogens with one attached hydrogen (secondary N) is 4. The second kappa shape index (κ2) is 13.8. The van der Waals surface area contributed by atoms with Crippen molar-refractivity contribution in [1.29, 1.82) is 0 Å². The third-order valence-electron chi connectivity index (χ3n) is 8.22. The van der Waals surface area contributed by atoms with Gasteiger partial charge in [0.2, 0.25) is 11.8 Å². The van der Waals surface area contributed by atoms with Gasteiger partial charge in [-0.05, 0) is 61.4 Å². The number of primary amides is 1. The van der Waals surface area contributed by atoms with Gasteiger partial charge in [-0.3, -0.25) is 14.4 Å². The van der Waals surface area contributed by atoms with Crippen molar-refractivity contribution in [1.82, 2.24) is 16.0 Å². The average Bonchev–Trinajstić information content (AvgIpc) is 2.91. The maximum absolute atomic E-state index is 13.5. The minimum atomic E-state index is -4.65. The number of halogens is 3. The lowest BCUT2D eigenvalue weighted by molar-refractivity contribution is -0.137. The predicted molar refractivity (Wildman–Crippen MR) is 161 cm³/mol. The van der Waals surface area contributed by atoms with Gasteiger partial charge in [-0.25, -0.2) is 0 Å². The highest BCUT2D eigenvalue weighted by molar-refractivity contribution is 6.02. The Bertz CT molecular complexity index is 1320. The van der Waals surface area contributed by atoms with Gasteiger partial charge in [0.1, 0.15) is 5.54 Å². The van der Waals surface area contributed by atoms with E-state index >= 15 is 0 Å². The quantitative estimate of drug-likeness (QED) is 0.248. The van der Waals surface area contributed by atoms with Crippen LogP contribution in [0.4, 0.5) is 18.9 Å². The lowest BCUT2D eigenvalue weighted by Gasteiger charge is -2.43. The van der Waals surface area contributed by atoms with Crippen LogP contribution in [0.5, 0.6) is 0 Å². The zero-order chi connectivity index (χ0) is 32.0. The zero-order valence-corrected chi connectivity index (χ0v) is 25.6. The fraction of sp³-hybridized carbons (Fsp3) is 0.531. The first kappa shape index (κ1) is 33.9. The Kier molecular flexibility index (Phi) is 10.9. The van der Waals surface area contributed by atoms with E-state index in [4.69, 9.17) is 5.73 Å². The number of benzene rings is 2. The maximum Gasteiger partial charge on any atom is 0.416 e. The highest BCUT2D eigenvalue weighted by Crippen LogP contribution is 2.33. The van der Waals surface area contributed by atoms with E-state index in [9.17, 15) is 27.6 Å². The number of rotatable bonds is 11. The highest BCUT2D eigenvalue weighted by Gasteiger charge is 2.48. The summed E-state index contributed by atoms with van der Waals surface area (Å²) in [5, 5.41) is 11.6. The maximum atomic E-state index is 13.5. The molecule has 1 aliphatic carbocycles. The monoisotopic (exact) mass is 603 g/mol. The van der Waals surface area contributed by atoms with E-state index < -0.39 is 47.0 Å². The molecule has 0 spiro atoms. The molecule has 6 N–H and O–H groups in total. The molecule has 0 heterocycles. The molecule has 2 aromatic carbocycles. The number of alkyl halides is 3. The molecule has 1 atom stereocenters. The third kappa shape index (κ3) is 8.72. The molecule has 0 radical (unpaired) electrons. The molecular weight excluding hydrogens is 559 g/mol. The van der Waals surface area contributed by atoms with Crippen LogP contribution >= 0.6 is 0 Å². The fourth-order valence-corrected chi connectivity index (χ4v) is 5.48. The van der Waals surface area contributed by atoms with Crippen molar-refractivity contribution >= 4 is 23.4 Å². The van der Waals surface area contributed by atoms with Crippen molar-refractivity contribution in [3.63, 3.8) is 0 Å². The van der Waals surface area contributed by atoms with E-state index in [2.05, 4.69) is 21.3 Å². The molecule has 0 bridgehead atoms. The van der Waals surface area contributed by atoms with Crippen molar-refractivity contribution in [2.75, 3.05) is 18.4 Å². The second-order valence-corrected chi connectivity index (χ2v) is 12.5. The summed E-state index contributed by atoms with van der Waals surface area (Å²) in [5.41, 5.74) is 5.82. The second-order valence-electron chi connectivity index (χ2n) is 12.5. The molecule has 236 valence electrons. The van der Waals surface area contributed by atoms with Gasteiger partial charge in [-0.15, -0.1) is 0 Å². The normalized spacial score (nSPS) is 15.8. The number of carbonyl (C=O) groups is 3.